The van der Waals surface area contributed by atoms with Crippen LogP contribution in [0.15, 0.2) is 54.6 Å². The van der Waals surface area contributed by atoms with Crippen LogP contribution >= 0.6 is 0 Å². The van der Waals surface area contributed by atoms with E-state index in [0.717, 1.165) is 30.4 Å². The number of benzene rings is 2. The summed E-state index contributed by atoms with van der Waals surface area (Å²) in [5.41, 5.74) is 2.39. The maximum absolute atomic E-state index is 13.7. The molecule has 3 atom stereocenters. The highest BCUT2D eigenvalue weighted by molar-refractivity contribution is 5.83. The van der Waals surface area contributed by atoms with Gasteiger partial charge in [-0.15, -0.1) is 0 Å². The fourth-order valence-electron chi connectivity index (χ4n) is 4.78. The highest BCUT2D eigenvalue weighted by Gasteiger charge is 2.40. The van der Waals surface area contributed by atoms with Crippen LogP contribution in [0.4, 0.5) is 0 Å². The molecule has 0 amide bonds. The Morgan fingerprint density at radius 3 is 2.25 bits per heavy atom. The number of carbonyl (C=O) groups excluding carboxylic acids is 1. The lowest BCUT2D eigenvalue weighted by atomic mass is 9.76. The van der Waals surface area contributed by atoms with E-state index in [9.17, 15) is 9.90 Å². The van der Waals surface area contributed by atoms with E-state index in [2.05, 4.69) is 44.2 Å². The minimum absolute atomic E-state index is 0.00364. The molecular formula is C28H40O4. The Morgan fingerprint density at radius 2 is 1.69 bits per heavy atom. The van der Waals surface area contributed by atoms with Gasteiger partial charge in [-0.1, -0.05) is 80.4 Å². The zero-order valence-corrected chi connectivity index (χ0v) is 20.3. The molecule has 0 aliphatic heterocycles. The maximum atomic E-state index is 13.7. The lowest BCUT2D eigenvalue weighted by Crippen LogP contribution is -2.41. The van der Waals surface area contributed by atoms with Crippen LogP contribution < -0.4 is 0 Å². The number of Topliss-reactive ketones (excluding diaryl/α,β-unsaturated/α-hetero) is 1. The van der Waals surface area contributed by atoms with Gasteiger partial charge in [0.2, 0.25) is 0 Å². The molecule has 176 valence electrons. The number of methoxy groups -OCH3 is 2. The molecule has 2 aromatic carbocycles. The van der Waals surface area contributed by atoms with Gasteiger partial charge in [0, 0.05) is 20.6 Å². The fraction of sp³-hybridized carbons (Fsp3) is 0.536. The second-order valence-corrected chi connectivity index (χ2v) is 8.90. The third kappa shape index (κ3) is 7.26. The first kappa shape index (κ1) is 26.2. The molecule has 0 aliphatic rings. The molecule has 4 heteroatoms. The average Bonchev–Trinajstić information content (AvgIpc) is 2.79. The molecule has 0 spiro atoms. The van der Waals surface area contributed by atoms with Crippen LogP contribution in [0, 0.1) is 12.8 Å². The fourth-order valence-corrected chi connectivity index (χ4v) is 4.78. The van der Waals surface area contributed by atoms with Crippen LogP contribution in [0.1, 0.15) is 68.6 Å². The van der Waals surface area contributed by atoms with Gasteiger partial charge in [0.25, 0.3) is 0 Å². The molecule has 0 fully saturated rings. The summed E-state index contributed by atoms with van der Waals surface area (Å²) < 4.78 is 11.2. The van der Waals surface area contributed by atoms with Gasteiger partial charge in [0.1, 0.15) is 5.78 Å². The molecule has 2 aromatic rings. The van der Waals surface area contributed by atoms with Gasteiger partial charge in [-0.25, -0.2) is 0 Å². The molecule has 2 rings (SSSR count). The average molecular weight is 441 g/mol. The smallest absolute Gasteiger partial charge is 0.167 e. The van der Waals surface area contributed by atoms with Crippen LogP contribution in [0.5, 0.6) is 0 Å². The predicted molar refractivity (Wildman–Crippen MR) is 130 cm³/mol. The van der Waals surface area contributed by atoms with Crippen molar-refractivity contribution in [3.05, 3.63) is 71.3 Å². The van der Waals surface area contributed by atoms with Crippen LogP contribution in [-0.4, -0.2) is 37.0 Å². The van der Waals surface area contributed by atoms with Crippen molar-refractivity contribution in [3.8, 4) is 0 Å². The van der Waals surface area contributed by atoms with Crippen molar-refractivity contribution in [2.75, 3.05) is 14.2 Å². The summed E-state index contributed by atoms with van der Waals surface area (Å²) in [6.45, 7) is 6.19. The summed E-state index contributed by atoms with van der Waals surface area (Å²) in [5, 5.41) is 11.5. The van der Waals surface area contributed by atoms with E-state index < -0.39 is 17.8 Å². The summed E-state index contributed by atoms with van der Waals surface area (Å²) in [5.74, 6) is -0.541. The molecule has 0 saturated carbocycles. The topological polar surface area (TPSA) is 55.8 Å². The van der Waals surface area contributed by atoms with E-state index in [1.165, 1.54) is 5.56 Å². The van der Waals surface area contributed by atoms with Gasteiger partial charge in [0.15, 0.2) is 6.29 Å². The van der Waals surface area contributed by atoms with Crippen molar-refractivity contribution >= 4 is 5.78 Å². The van der Waals surface area contributed by atoms with Gasteiger partial charge >= 0.3 is 0 Å². The van der Waals surface area contributed by atoms with E-state index in [1.54, 1.807) is 14.2 Å². The first-order valence-corrected chi connectivity index (χ1v) is 11.8. The second kappa shape index (κ2) is 12.9. The molecule has 0 radical (unpaired) electrons. The van der Waals surface area contributed by atoms with Crippen molar-refractivity contribution in [2.45, 2.75) is 77.1 Å². The lowest BCUT2D eigenvalue weighted by molar-refractivity contribution is -0.164. The van der Waals surface area contributed by atoms with Gasteiger partial charge in [-0.05, 0) is 49.7 Å². The monoisotopic (exact) mass is 440 g/mol. The van der Waals surface area contributed by atoms with Gasteiger partial charge < -0.3 is 14.6 Å². The number of ketones is 1. The van der Waals surface area contributed by atoms with Gasteiger partial charge in [-0.3, -0.25) is 4.79 Å². The van der Waals surface area contributed by atoms with Crippen molar-refractivity contribution in [2.24, 2.45) is 5.92 Å². The maximum Gasteiger partial charge on any atom is 0.167 e. The Balaban J connectivity index is 2.29. The van der Waals surface area contributed by atoms with Gasteiger partial charge in [0.05, 0.1) is 11.5 Å². The summed E-state index contributed by atoms with van der Waals surface area (Å²) in [7, 11) is 3.15. The van der Waals surface area contributed by atoms with E-state index in [1.807, 2.05) is 31.2 Å². The van der Waals surface area contributed by atoms with Crippen molar-refractivity contribution < 1.29 is 19.4 Å². The SMILES string of the molecule is CCC[C@@](O)(CCc1ccccc1)CC(=O)C(C(OC)OC)C(CC)c1cccc(C)c1. The number of aryl methyl sites for hydroxylation is 2. The minimum Gasteiger partial charge on any atom is -0.389 e. The quantitative estimate of drug-likeness (QED) is 0.375. The first-order chi connectivity index (χ1) is 15.4. The highest BCUT2D eigenvalue weighted by atomic mass is 16.7. The number of hydrogen-bond donors (Lipinski definition) is 1. The molecule has 0 aromatic heterocycles. The number of rotatable bonds is 14. The summed E-state index contributed by atoms with van der Waals surface area (Å²) >= 11 is 0. The zero-order chi connectivity index (χ0) is 23.6. The Hall–Kier alpha value is -2.01. The number of aliphatic hydroxyl groups is 1. The molecule has 0 heterocycles. The van der Waals surface area contributed by atoms with Crippen LogP contribution in [0.25, 0.3) is 0 Å². The molecule has 0 bridgehead atoms. The molecule has 2 unspecified atom stereocenters. The van der Waals surface area contributed by atoms with Crippen LogP contribution in [-0.2, 0) is 20.7 Å². The predicted octanol–water partition coefficient (Wildman–Crippen LogP) is 5.85. The molecular weight excluding hydrogens is 400 g/mol. The second-order valence-electron chi connectivity index (χ2n) is 8.90. The third-order valence-corrected chi connectivity index (χ3v) is 6.41. The van der Waals surface area contributed by atoms with Gasteiger partial charge in [-0.2, -0.15) is 0 Å². The van der Waals surface area contributed by atoms with E-state index in [4.69, 9.17) is 9.47 Å². The van der Waals surface area contributed by atoms with Crippen molar-refractivity contribution in [1.29, 1.82) is 0 Å². The van der Waals surface area contributed by atoms with E-state index >= 15 is 0 Å². The minimum atomic E-state index is -1.04. The standard InChI is InChI=1S/C28H40O4/c1-6-17-28(30,18-16-22-13-9-8-10-14-22)20-25(29)26(27(31-4)32-5)24(7-2)23-15-11-12-21(3)19-23/h8-15,19,24,26-27,30H,6-7,16-18,20H2,1-5H3/t24?,26?,28-/m1/s1. The Labute approximate surface area is 194 Å². The van der Waals surface area contributed by atoms with Crippen LogP contribution in [0.2, 0.25) is 0 Å². The summed E-state index contributed by atoms with van der Waals surface area (Å²) in [6.07, 6.45) is 2.91. The zero-order valence-electron chi connectivity index (χ0n) is 20.3. The first-order valence-electron chi connectivity index (χ1n) is 11.8. The van der Waals surface area contributed by atoms with E-state index in [0.29, 0.717) is 12.8 Å². The van der Waals surface area contributed by atoms with Crippen molar-refractivity contribution in [1.82, 2.24) is 0 Å². The third-order valence-electron chi connectivity index (χ3n) is 6.41. The lowest BCUT2D eigenvalue weighted by Gasteiger charge is -2.34. The summed E-state index contributed by atoms with van der Waals surface area (Å²) in [6, 6.07) is 18.4. The number of ether oxygens (including phenoxy) is 2. The Bertz CT molecular complexity index is 815. The molecule has 32 heavy (non-hydrogen) atoms. The molecule has 0 aliphatic carbocycles. The van der Waals surface area contributed by atoms with Crippen LogP contribution in [0.3, 0.4) is 0 Å². The number of hydrogen-bond acceptors (Lipinski definition) is 4. The number of carbonyl (C=O) groups is 1. The summed E-state index contributed by atoms with van der Waals surface area (Å²) in [4.78, 5) is 13.7. The largest absolute Gasteiger partial charge is 0.389 e. The molecule has 4 nitrogen and oxygen atoms in total. The normalized spacial score (nSPS) is 15.3. The van der Waals surface area contributed by atoms with Crippen molar-refractivity contribution in [3.63, 3.8) is 0 Å². The Kier molecular flexibility index (Phi) is 10.6. The Morgan fingerprint density at radius 1 is 1.00 bits per heavy atom. The van der Waals surface area contributed by atoms with E-state index in [-0.39, 0.29) is 18.1 Å². The molecule has 0 saturated heterocycles. The molecule has 1 N–H and O–H groups in total. The highest BCUT2D eigenvalue weighted by Crippen LogP contribution is 2.36.